The van der Waals surface area contributed by atoms with Gasteiger partial charge in [0, 0.05) is 4.91 Å². The van der Waals surface area contributed by atoms with E-state index in [0.717, 1.165) is 0 Å². The molecule has 0 spiro atoms. The predicted octanol–water partition coefficient (Wildman–Crippen LogP) is 1.12. The van der Waals surface area contributed by atoms with Crippen LogP contribution in [0.4, 0.5) is 0 Å². The lowest BCUT2D eigenvalue weighted by Crippen LogP contribution is -2.43. The molecule has 0 radical (unpaired) electrons. The molecule has 0 saturated carbocycles. The third-order valence-electron chi connectivity index (χ3n) is 2.53. The van der Waals surface area contributed by atoms with Crippen molar-refractivity contribution < 1.29 is 14.6 Å². The first-order valence-electron chi connectivity index (χ1n) is 4.80. The zero-order valence-electron chi connectivity index (χ0n) is 8.57. The van der Waals surface area contributed by atoms with Crippen LogP contribution < -0.4 is 0 Å². The Hall–Kier alpha value is -1.07. The van der Waals surface area contributed by atoms with Crippen molar-refractivity contribution >= 4 is 0 Å². The van der Waals surface area contributed by atoms with Crippen LogP contribution in [-0.2, 0) is 9.47 Å². The molecule has 0 bridgehead atoms. The van der Waals surface area contributed by atoms with Gasteiger partial charge in [0.25, 0.3) is 0 Å². The van der Waals surface area contributed by atoms with Gasteiger partial charge in [0.1, 0.15) is 18.3 Å². The number of ether oxygens (including phenoxy) is 2. The third-order valence-corrected chi connectivity index (χ3v) is 2.53. The van der Waals surface area contributed by atoms with E-state index >= 15 is 0 Å². The van der Waals surface area contributed by atoms with Crippen molar-refractivity contribution in [2.75, 3.05) is 0 Å². The zero-order chi connectivity index (χ0) is 11.1. The molecule has 1 saturated heterocycles. The molecule has 2 aliphatic rings. The van der Waals surface area contributed by atoms with Gasteiger partial charge < -0.3 is 14.6 Å². The second-order valence-corrected chi connectivity index (χ2v) is 4.14. The summed E-state index contributed by atoms with van der Waals surface area (Å²) in [6.07, 6.45) is 1.65. The van der Waals surface area contributed by atoms with E-state index in [2.05, 4.69) is 10.0 Å². The molecule has 1 fully saturated rings. The summed E-state index contributed by atoms with van der Waals surface area (Å²) in [4.78, 5) is 2.75. The van der Waals surface area contributed by atoms with Gasteiger partial charge in [-0.15, -0.1) is 0 Å². The quantitative estimate of drug-likeness (QED) is 0.305. The number of rotatable bonds is 1. The second-order valence-electron chi connectivity index (χ2n) is 4.14. The molecule has 0 aromatic carbocycles. The highest BCUT2D eigenvalue weighted by atomic mass is 16.8. The van der Waals surface area contributed by atoms with Crippen molar-refractivity contribution in [3.05, 3.63) is 22.6 Å². The zero-order valence-corrected chi connectivity index (χ0v) is 8.57. The lowest BCUT2D eigenvalue weighted by molar-refractivity contribution is -0.152. The first kappa shape index (κ1) is 10.4. The molecular weight excluding hydrogens is 198 g/mol. The highest BCUT2D eigenvalue weighted by Gasteiger charge is 2.48. The van der Waals surface area contributed by atoms with Crippen LogP contribution in [0.1, 0.15) is 13.8 Å². The van der Waals surface area contributed by atoms with E-state index in [-0.39, 0.29) is 0 Å². The topological polar surface area (TPSA) is 87.5 Å². The number of hydrogen-bond donors (Lipinski definition) is 1. The average Bonchev–Trinajstić information content (AvgIpc) is 2.47. The van der Waals surface area contributed by atoms with Gasteiger partial charge in [-0.2, -0.15) is 0 Å². The van der Waals surface area contributed by atoms with Gasteiger partial charge in [-0.05, 0) is 19.4 Å². The highest BCUT2D eigenvalue weighted by Crippen LogP contribution is 2.35. The number of nitrogens with zero attached hydrogens (tertiary/aromatic N) is 3. The maximum absolute atomic E-state index is 9.67. The van der Waals surface area contributed by atoms with E-state index in [0.29, 0.717) is 0 Å². The lowest BCUT2D eigenvalue weighted by atomic mass is 9.95. The standard InChI is InChI=1S/C9H13N3O3/c1-9(2)14-7-5(11-12-10)3-4-6(13)8(7)15-9/h3-8,13H,1-2H3/t5-,6-,7+,8+/m0/s1. The van der Waals surface area contributed by atoms with Gasteiger partial charge in [0.2, 0.25) is 0 Å². The molecular formula is C9H13N3O3. The average molecular weight is 211 g/mol. The van der Waals surface area contributed by atoms with Crippen LogP contribution in [-0.4, -0.2) is 35.2 Å². The van der Waals surface area contributed by atoms with Crippen LogP contribution in [0, 0.1) is 0 Å². The first-order chi connectivity index (χ1) is 7.03. The number of fused-ring (bicyclic) bond motifs is 1. The number of aliphatic hydroxyl groups is 1. The summed E-state index contributed by atoms with van der Waals surface area (Å²) in [5, 5.41) is 13.3. The summed E-state index contributed by atoms with van der Waals surface area (Å²) in [6.45, 7) is 3.54. The molecule has 0 aromatic heterocycles. The van der Waals surface area contributed by atoms with E-state index in [1.54, 1.807) is 26.0 Å². The minimum atomic E-state index is -0.744. The van der Waals surface area contributed by atoms with Crippen molar-refractivity contribution in [2.24, 2.45) is 5.11 Å². The molecule has 1 heterocycles. The van der Waals surface area contributed by atoms with E-state index < -0.39 is 30.1 Å². The summed E-state index contributed by atoms with van der Waals surface area (Å²) < 4.78 is 11.1. The Morgan fingerprint density at radius 1 is 1.33 bits per heavy atom. The second kappa shape index (κ2) is 3.50. The highest BCUT2D eigenvalue weighted by molar-refractivity contribution is 5.13. The van der Waals surface area contributed by atoms with Gasteiger partial charge in [-0.3, -0.25) is 0 Å². The normalized spacial score (nSPS) is 42.1. The van der Waals surface area contributed by atoms with Crippen LogP contribution in [0.3, 0.4) is 0 Å². The molecule has 0 aromatic rings. The van der Waals surface area contributed by atoms with E-state index in [1.165, 1.54) is 0 Å². The van der Waals surface area contributed by atoms with Crippen LogP contribution in [0.15, 0.2) is 17.3 Å². The van der Waals surface area contributed by atoms with Crippen LogP contribution in [0.5, 0.6) is 0 Å². The summed E-state index contributed by atoms with van der Waals surface area (Å²) in [6, 6.07) is -0.412. The van der Waals surface area contributed by atoms with Gasteiger partial charge in [0.15, 0.2) is 5.79 Å². The maximum Gasteiger partial charge on any atom is 0.163 e. The van der Waals surface area contributed by atoms with E-state index in [9.17, 15) is 5.11 Å². The Labute approximate surface area is 87.1 Å². The summed E-state index contributed by atoms with van der Waals surface area (Å²) >= 11 is 0. The fourth-order valence-corrected chi connectivity index (χ4v) is 1.96. The van der Waals surface area contributed by atoms with Crippen molar-refractivity contribution in [3.63, 3.8) is 0 Å². The van der Waals surface area contributed by atoms with Gasteiger partial charge in [0.05, 0.1) is 6.04 Å². The molecule has 2 rings (SSSR count). The van der Waals surface area contributed by atoms with Crippen LogP contribution in [0.2, 0.25) is 0 Å². The van der Waals surface area contributed by atoms with Gasteiger partial charge in [-0.25, -0.2) is 0 Å². The maximum atomic E-state index is 9.67. The number of aliphatic hydroxyl groups excluding tert-OH is 1. The van der Waals surface area contributed by atoms with Crippen molar-refractivity contribution in [1.82, 2.24) is 0 Å². The number of azide groups is 1. The molecule has 4 atom stereocenters. The van der Waals surface area contributed by atoms with Gasteiger partial charge >= 0.3 is 0 Å². The molecule has 1 N–H and O–H groups in total. The van der Waals surface area contributed by atoms with E-state index in [4.69, 9.17) is 15.0 Å². The van der Waals surface area contributed by atoms with Crippen LogP contribution in [0.25, 0.3) is 10.4 Å². The Bertz CT molecular complexity index is 335. The molecule has 6 heteroatoms. The lowest BCUT2D eigenvalue weighted by Gasteiger charge is -2.27. The monoisotopic (exact) mass is 211 g/mol. The SMILES string of the molecule is CC1(C)O[C@H]2[C@H](O1)[C@@H](O)C=C[C@@H]2N=[N+]=[N-]. The van der Waals surface area contributed by atoms with Crippen molar-refractivity contribution in [3.8, 4) is 0 Å². The number of hydrogen-bond acceptors (Lipinski definition) is 4. The Balaban J connectivity index is 2.26. The minimum absolute atomic E-state index is 0.407. The Morgan fingerprint density at radius 3 is 2.67 bits per heavy atom. The minimum Gasteiger partial charge on any atom is -0.386 e. The smallest absolute Gasteiger partial charge is 0.163 e. The summed E-state index contributed by atoms with van der Waals surface area (Å²) in [5.74, 6) is -0.744. The Morgan fingerprint density at radius 2 is 2.00 bits per heavy atom. The fraction of sp³-hybridized carbons (Fsp3) is 0.778. The molecule has 15 heavy (non-hydrogen) atoms. The molecule has 0 unspecified atom stereocenters. The molecule has 1 aliphatic heterocycles. The van der Waals surface area contributed by atoms with Crippen LogP contribution >= 0.6 is 0 Å². The van der Waals surface area contributed by atoms with Crippen molar-refractivity contribution in [1.29, 1.82) is 0 Å². The van der Waals surface area contributed by atoms with Crippen molar-refractivity contribution in [2.45, 2.75) is 44.0 Å². The largest absolute Gasteiger partial charge is 0.386 e. The molecule has 82 valence electrons. The molecule has 6 nitrogen and oxygen atoms in total. The Kier molecular flexibility index (Phi) is 2.44. The summed E-state index contributed by atoms with van der Waals surface area (Å²) in [7, 11) is 0. The van der Waals surface area contributed by atoms with Gasteiger partial charge in [-0.1, -0.05) is 17.3 Å². The fourth-order valence-electron chi connectivity index (χ4n) is 1.96. The predicted molar refractivity (Wildman–Crippen MR) is 51.9 cm³/mol. The third kappa shape index (κ3) is 1.85. The molecule has 1 aliphatic carbocycles. The summed E-state index contributed by atoms with van der Waals surface area (Å²) in [5.41, 5.74) is 8.40. The molecule has 0 amide bonds. The first-order valence-corrected chi connectivity index (χ1v) is 4.80. The van der Waals surface area contributed by atoms with E-state index in [1.807, 2.05) is 0 Å².